The first-order valence-corrected chi connectivity index (χ1v) is 9.07. The monoisotopic (exact) mass is 374 g/mol. The Bertz CT molecular complexity index is 985. The molecule has 3 heterocycles. The van der Waals surface area contributed by atoms with Crippen LogP contribution in [0, 0.1) is 0 Å². The van der Waals surface area contributed by atoms with Crippen LogP contribution in [-0.2, 0) is 11.3 Å². The van der Waals surface area contributed by atoms with Crippen LogP contribution in [0.15, 0.2) is 33.5 Å². The lowest BCUT2D eigenvalue weighted by atomic mass is 10.3. The molecule has 1 N–H and O–H groups in total. The molecule has 0 spiro atoms. The van der Waals surface area contributed by atoms with E-state index in [0.29, 0.717) is 16.2 Å². The molecule has 2 aromatic heterocycles. The van der Waals surface area contributed by atoms with E-state index in [4.69, 9.17) is 4.42 Å². The lowest BCUT2D eigenvalue weighted by molar-refractivity contribution is -0.116. The maximum Gasteiger partial charge on any atom is 0.420 e. The van der Waals surface area contributed by atoms with E-state index in [1.807, 2.05) is 0 Å². The Kier molecular flexibility index (Phi) is 4.43. The third kappa shape index (κ3) is 3.33. The number of likely N-dealkylation sites (N-methyl/N-ethyl adjacent to an activating group) is 1. The Balaban J connectivity index is 1.44. The molecule has 1 aromatic carbocycles. The molecule has 0 aliphatic carbocycles. The van der Waals surface area contributed by atoms with Gasteiger partial charge in [0.15, 0.2) is 5.58 Å². The van der Waals surface area contributed by atoms with Crippen molar-refractivity contribution in [1.82, 2.24) is 19.7 Å². The normalized spacial score (nSPS) is 15.5. The number of carbonyl (C=O) groups excluding carboxylic acids is 1. The predicted molar refractivity (Wildman–Crippen MR) is 98.7 cm³/mol. The zero-order valence-electron chi connectivity index (χ0n) is 14.2. The summed E-state index contributed by atoms with van der Waals surface area (Å²) in [6.45, 7) is 3.57. The molecule has 0 radical (unpaired) electrons. The molecule has 1 aliphatic heterocycles. The minimum absolute atomic E-state index is 0.140. The number of oxazole rings is 1. The van der Waals surface area contributed by atoms with Gasteiger partial charge in [-0.15, -0.1) is 10.2 Å². The highest BCUT2D eigenvalue weighted by molar-refractivity contribution is 7.19. The van der Waals surface area contributed by atoms with Gasteiger partial charge in [-0.25, -0.2) is 4.79 Å². The van der Waals surface area contributed by atoms with Gasteiger partial charge in [-0.3, -0.25) is 14.7 Å². The van der Waals surface area contributed by atoms with Gasteiger partial charge >= 0.3 is 5.76 Å². The minimum Gasteiger partial charge on any atom is -0.408 e. The fraction of sp³-hybridized carbons (Fsp3) is 0.375. The first-order chi connectivity index (χ1) is 12.6. The number of piperazine rings is 1. The van der Waals surface area contributed by atoms with E-state index in [1.54, 1.807) is 24.3 Å². The number of hydrogen-bond acceptors (Lipinski definition) is 8. The van der Waals surface area contributed by atoms with Gasteiger partial charge in [-0.2, -0.15) is 0 Å². The largest absolute Gasteiger partial charge is 0.420 e. The molecule has 0 saturated carbocycles. The van der Waals surface area contributed by atoms with Crippen molar-refractivity contribution in [2.24, 2.45) is 0 Å². The number of amides is 1. The third-order valence-electron chi connectivity index (χ3n) is 4.31. The van der Waals surface area contributed by atoms with Crippen molar-refractivity contribution in [2.45, 2.75) is 6.54 Å². The van der Waals surface area contributed by atoms with Gasteiger partial charge in [0.1, 0.15) is 6.54 Å². The number of fused-ring (bicyclic) bond motifs is 1. The van der Waals surface area contributed by atoms with E-state index >= 15 is 0 Å². The summed E-state index contributed by atoms with van der Waals surface area (Å²) < 4.78 is 6.43. The number of aromatic nitrogens is 3. The van der Waals surface area contributed by atoms with Gasteiger partial charge < -0.3 is 14.2 Å². The average Bonchev–Trinajstić information content (AvgIpc) is 3.21. The zero-order valence-corrected chi connectivity index (χ0v) is 15.0. The smallest absolute Gasteiger partial charge is 0.408 e. The molecule has 4 rings (SSSR count). The van der Waals surface area contributed by atoms with Gasteiger partial charge in [0.2, 0.25) is 16.2 Å². The van der Waals surface area contributed by atoms with Gasteiger partial charge in [0, 0.05) is 26.2 Å². The van der Waals surface area contributed by atoms with Crippen LogP contribution < -0.4 is 16.0 Å². The van der Waals surface area contributed by atoms with Crippen molar-refractivity contribution in [1.29, 1.82) is 0 Å². The van der Waals surface area contributed by atoms with Crippen molar-refractivity contribution in [3.8, 4) is 0 Å². The maximum atomic E-state index is 12.3. The Morgan fingerprint density at radius 1 is 1.23 bits per heavy atom. The molecule has 0 bridgehead atoms. The lowest BCUT2D eigenvalue weighted by Crippen LogP contribution is -2.44. The topological polar surface area (TPSA) is 96.5 Å². The Labute approximate surface area is 152 Å². The maximum absolute atomic E-state index is 12.3. The van der Waals surface area contributed by atoms with Gasteiger partial charge in [0.25, 0.3) is 0 Å². The summed E-state index contributed by atoms with van der Waals surface area (Å²) in [6.07, 6.45) is 0. The summed E-state index contributed by atoms with van der Waals surface area (Å²) in [5.41, 5.74) is 1.04. The molecule has 0 atom stereocenters. The fourth-order valence-corrected chi connectivity index (χ4v) is 3.67. The van der Waals surface area contributed by atoms with Crippen LogP contribution >= 0.6 is 11.3 Å². The number of carbonyl (C=O) groups is 1. The average molecular weight is 374 g/mol. The van der Waals surface area contributed by atoms with Gasteiger partial charge in [0.05, 0.1) is 5.52 Å². The number of rotatable bonds is 4. The van der Waals surface area contributed by atoms with E-state index in [0.717, 1.165) is 31.3 Å². The van der Waals surface area contributed by atoms with E-state index in [9.17, 15) is 9.59 Å². The number of nitrogens with zero attached hydrogens (tertiary/aromatic N) is 5. The highest BCUT2D eigenvalue weighted by Gasteiger charge is 2.19. The van der Waals surface area contributed by atoms with E-state index in [1.165, 1.54) is 15.9 Å². The number of hydrogen-bond donors (Lipinski definition) is 1. The summed E-state index contributed by atoms with van der Waals surface area (Å²) >= 11 is 1.33. The Morgan fingerprint density at radius 2 is 2.00 bits per heavy atom. The van der Waals surface area contributed by atoms with Gasteiger partial charge in [-0.1, -0.05) is 23.5 Å². The highest BCUT2D eigenvalue weighted by atomic mass is 32.1. The quantitative estimate of drug-likeness (QED) is 0.723. The number of anilines is 2. The van der Waals surface area contributed by atoms with Crippen molar-refractivity contribution in [2.75, 3.05) is 43.4 Å². The minimum atomic E-state index is -0.559. The van der Waals surface area contributed by atoms with Crippen molar-refractivity contribution >= 4 is 38.6 Å². The highest BCUT2D eigenvalue weighted by Crippen LogP contribution is 2.24. The molecule has 1 amide bonds. The zero-order chi connectivity index (χ0) is 18.1. The van der Waals surface area contributed by atoms with Gasteiger partial charge in [-0.05, 0) is 19.2 Å². The predicted octanol–water partition coefficient (Wildman–Crippen LogP) is 0.836. The van der Waals surface area contributed by atoms with Crippen molar-refractivity contribution in [3.63, 3.8) is 0 Å². The molecule has 1 fully saturated rings. The van der Waals surface area contributed by atoms with Crippen LogP contribution in [0.5, 0.6) is 0 Å². The first kappa shape index (κ1) is 16.7. The lowest BCUT2D eigenvalue weighted by Gasteiger charge is -2.31. The molecular weight excluding hydrogens is 356 g/mol. The molecule has 26 heavy (non-hydrogen) atoms. The summed E-state index contributed by atoms with van der Waals surface area (Å²) in [4.78, 5) is 28.7. The van der Waals surface area contributed by atoms with Crippen LogP contribution in [0.2, 0.25) is 0 Å². The first-order valence-electron chi connectivity index (χ1n) is 8.25. The number of para-hydroxylation sites is 2. The van der Waals surface area contributed by atoms with Crippen LogP contribution in [0.1, 0.15) is 0 Å². The number of nitrogens with one attached hydrogen (secondary N) is 1. The van der Waals surface area contributed by atoms with Crippen molar-refractivity contribution < 1.29 is 9.21 Å². The molecule has 3 aromatic rings. The molecule has 0 unspecified atom stereocenters. The Morgan fingerprint density at radius 3 is 2.81 bits per heavy atom. The SMILES string of the molecule is CN1CCN(c2nnc(NC(=O)Cn3c(=O)oc4ccccc43)s2)CC1. The third-order valence-corrected chi connectivity index (χ3v) is 5.21. The van der Waals surface area contributed by atoms with E-state index in [-0.39, 0.29) is 12.5 Å². The summed E-state index contributed by atoms with van der Waals surface area (Å²) in [7, 11) is 2.09. The second kappa shape index (κ2) is 6.89. The van der Waals surface area contributed by atoms with Crippen LogP contribution in [0.3, 0.4) is 0 Å². The summed E-state index contributed by atoms with van der Waals surface area (Å²) in [5, 5.41) is 12.1. The molecular formula is C16H18N6O3S. The number of benzene rings is 1. The molecule has 1 aliphatic rings. The molecule has 9 nitrogen and oxygen atoms in total. The molecule has 10 heteroatoms. The standard InChI is InChI=1S/C16H18N6O3S/c1-20-6-8-21(9-7-20)15-19-18-14(26-15)17-13(23)10-22-11-4-2-3-5-12(11)25-16(22)24/h2-5H,6-10H2,1H3,(H,17,18,23). The summed E-state index contributed by atoms with van der Waals surface area (Å²) in [5.74, 6) is -0.906. The van der Waals surface area contributed by atoms with Crippen molar-refractivity contribution in [3.05, 3.63) is 34.8 Å². The molecule has 136 valence electrons. The second-order valence-corrected chi connectivity index (χ2v) is 7.11. The van der Waals surface area contributed by atoms with Crippen LogP contribution in [-0.4, -0.2) is 58.8 Å². The second-order valence-electron chi connectivity index (χ2n) is 6.15. The molecule has 1 saturated heterocycles. The summed E-state index contributed by atoms with van der Waals surface area (Å²) in [6, 6.07) is 7.00. The van der Waals surface area contributed by atoms with Crippen LogP contribution in [0.4, 0.5) is 10.3 Å². The van der Waals surface area contributed by atoms with E-state index < -0.39 is 5.76 Å². The Hall–Kier alpha value is -2.72. The van der Waals surface area contributed by atoms with E-state index in [2.05, 4.69) is 32.4 Å². The fourth-order valence-electron chi connectivity index (χ4n) is 2.86. The van der Waals surface area contributed by atoms with Crippen LogP contribution in [0.25, 0.3) is 11.1 Å².